The van der Waals surface area contributed by atoms with Gasteiger partial charge in [-0.25, -0.2) is 4.79 Å². The summed E-state index contributed by atoms with van der Waals surface area (Å²) in [5.74, 6) is -0.690. The lowest BCUT2D eigenvalue weighted by Gasteiger charge is -2.38. The summed E-state index contributed by atoms with van der Waals surface area (Å²) in [6.07, 6.45) is -1.51. The number of likely N-dealkylation sites (tertiary alicyclic amines) is 1. The Bertz CT molecular complexity index is 397. The molecule has 20 heavy (non-hydrogen) atoms. The SMILES string of the molecule is CC(=O)OC1CC(=O)N1CCOC(=O)OCC(Cl)(Cl)Cl. The zero-order valence-corrected chi connectivity index (χ0v) is 12.7. The lowest BCUT2D eigenvalue weighted by Crippen LogP contribution is -2.55. The maximum atomic E-state index is 11.3. The number of hydrogen-bond donors (Lipinski definition) is 0. The number of alkyl halides is 3. The fraction of sp³-hybridized carbons (Fsp3) is 0.700. The summed E-state index contributed by atoms with van der Waals surface area (Å²) in [5.41, 5.74) is 0. The first-order valence-corrected chi connectivity index (χ1v) is 6.65. The number of carbonyl (C=O) groups excluding carboxylic acids is 3. The second-order valence-electron chi connectivity index (χ2n) is 3.86. The van der Waals surface area contributed by atoms with Gasteiger partial charge < -0.3 is 19.1 Å². The molecule has 1 atom stereocenters. The van der Waals surface area contributed by atoms with Crippen molar-refractivity contribution in [2.75, 3.05) is 19.8 Å². The first-order chi connectivity index (χ1) is 9.19. The number of hydrogen-bond acceptors (Lipinski definition) is 6. The van der Waals surface area contributed by atoms with Gasteiger partial charge >= 0.3 is 12.1 Å². The van der Waals surface area contributed by atoms with Gasteiger partial charge in [-0.3, -0.25) is 9.59 Å². The second kappa shape index (κ2) is 7.19. The Morgan fingerprint density at radius 3 is 2.50 bits per heavy atom. The van der Waals surface area contributed by atoms with Crippen LogP contribution >= 0.6 is 34.8 Å². The van der Waals surface area contributed by atoms with Gasteiger partial charge in [0.1, 0.15) is 13.2 Å². The molecule has 0 bridgehead atoms. The number of rotatable bonds is 5. The van der Waals surface area contributed by atoms with Gasteiger partial charge in [0.05, 0.1) is 13.0 Å². The van der Waals surface area contributed by atoms with Gasteiger partial charge in [-0.15, -0.1) is 0 Å². The van der Waals surface area contributed by atoms with E-state index in [-0.39, 0.29) is 25.5 Å². The molecule has 0 N–H and O–H groups in total. The molecule has 0 aliphatic carbocycles. The molecule has 7 nitrogen and oxygen atoms in total. The summed E-state index contributed by atoms with van der Waals surface area (Å²) in [4.78, 5) is 34.4. The summed E-state index contributed by atoms with van der Waals surface area (Å²) in [5, 5.41) is 0. The molecule has 10 heteroatoms. The van der Waals surface area contributed by atoms with Crippen molar-refractivity contribution in [3.8, 4) is 0 Å². The van der Waals surface area contributed by atoms with Crippen LogP contribution in [0.4, 0.5) is 4.79 Å². The number of ether oxygens (including phenoxy) is 3. The van der Waals surface area contributed by atoms with E-state index in [1.807, 2.05) is 0 Å². The van der Waals surface area contributed by atoms with Crippen molar-refractivity contribution in [3.05, 3.63) is 0 Å². The third-order valence-electron chi connectivity index (χ3n) is 2.23. The highest BCUT2D eigenvalue weighted by Gasteiger charge is 2.38. The van der Waals surface area contributed by atoms with E-state index in [0.717, 1.165) is 0 Å². The Morgan fingerprint density at radius 1 is 1.35 bits per heavy atom. The van der Waals surface area contributed by atoms with E-state index in [4.69, 9.17) is 39.5 Å². The average molecular weight is 349 g/mol. The quantitative estimate of drug-likeness (QED) is 0.427. The zero-order valence-electron chi connectivity index (χ0n) is 10.4. The molecule has 1 aliphatic rings. The first kappa shape index (κ1) is 17.1. The largest absolute Gasteiger partial charge is 0.508 e. The van der Waals surface area contributed by atoms with Crippen molar-refractivity contribution < 1.29 is 28.6 Å². The number of amides is 1. The lowest BCUT2D eigenvalue weighted by molar-refractivity contribution is -0.183. The third kappa shape index (κ3) is 6.02. The molecule has 114 valence electrons. The molecule has 0 aromatic carbocycles. The number of β-lactam (4-membered cyclic amide) rings is 1. The molecule has 0 radical (unpaired) electrons. The Kier molecular flexibility index (Phi) is 6.16. The average Bonchev–Trinajstić information content (AvgIpc) is 2.30. The van der Waals surface area contributed by atoms with Gasteiger partial charge in [0, 0.05) is 6.92 Å². The normalized spacial score (nSPS) is 18.3. The van der Waals surface area contributed by atoms with Crippen molar-refractivity contribution >= 4 is 52.8 Å². The topological polar surface area (TPSA) is 82.1 Å². The summed E-state index contributed by atoms with van der Waals surface area (Å²) in [7, 11) is 0. The molecular weight excluding hydrogens is 336 g/mol. The van der Waals surface area contributed by atoms with Gasteiger partial charge in [0.25, 0.3) is 0 Å². The van der Waals surface area contributed by atoms with E-state index in [1.54, 1.807) is 0 Å². The minimum atomic E-state index is -1.72. The lowest BCUT2D eigenvalue weighted by atomic mass is 10.1. The number of esters is 1. The van der Waals surface area contributed by atoms with Crippen LogP contribution in [0.2, 0.25) is 0 Å². The molecule has 1 fully saturated rings. The van der Waals surface area contributed by atoms with E-state index in [2.05, 4.69) is 9.47 Å². The summed E-state index contributed by atoms with van der Waals surface area (Å²) in [6, 6.07) is 0. The van der Waals surface area contributed by atoms with Crippen molar-refractivity contribution in [1.29, 1.82) is 0 Å². The molecule has 1 aliphatic heterocycles. The minimum absolute atomic E-state index is 0.0830. The predicted octanol–water partition coefficient (Wildman–Crippen LogP) is 1.63. The number of carbonyl (C=O) groups is 3. The van der Waals surface area contributed by atoms with Gasteiger partial charge in [-0.05, 0) is 0 Å². The summed E-state index contributed by atoms with van der Waals surface area (Å²) < 4.78 is 12.3. The van der Waals surface area contributed by atoms with Gasteiger partial charge in [-0.2, -0.15) is 0 Å². The predicted molar refractivity (Wildman–Crippen MR) is 69.5 cm³/mol. The summed E-state index contributed by atoms with van der Waals surface area (Å²) >= 11 is 16.1. The van der Waals surface area contributed by atoms with Crippen LogP contribution in [0.15, 0.2) is 0 Å². The molecular formula is C10H12Cl3NO6. The van der Waals surface area contributed by atoms with Crippen LogP contribution in [0.25, 0.3) is 0 Å². The third-order valence-corrected chi connectivity index (χ3v) is 2.55. The molecule has 0 aromatic heterocycles. The Hall–Kier alpha value is -0.920. The summed E-state index contributed by atoms with van der Waals surface area (Å²) in [6.45, 7) is 0.753. The number of halogens is 3. The van der Waals surface area contributed by atoms with Gasteiger partial charge in [0.15, 0.2) is 6.23 Å². The van der Waals surface area contributed by atoms with Crippen LogP contribution in [0.3, 0.4) is 0 Å². The molecule has 0 spiro atoms. The fourth-order valence-corrected chi connectivity index (χ4v) is 1.56. The van der Waals surface area contributed by atoms with E-state index in [0.29, 0.717) is 0 Å². The highest BCUT2D eigenvalue weighted by Crippen LogP contribution is 2.26. The molecule has 1 heterocycles. The Labute approximate surface area is 130 Å². The first-order valence-electron chi connectivity index (χ1n) is 5.52. The van der Waals surface area contributed by atoms with Gasteiger partial charge in [-0.1, -0.05) is 34.8 Å². The molecule has 1 saturated heterocycles. The zero-order chi connectivity index (χ0) is 15.3. The highest BCUT2D eigenvalue weighted by molar-refractivity contribution is 6.67. The molecule has 0 saturated carbocycles. The van der Waals surface area contributed by atoms with E-state index in [1.165, 1.54) is 11.8 Å². The van der Waals surface area contributed by atoms with E-state index in [9.17, 15) is 14.4 Å². The van der Waals surface area contributed by atoms with Crippen molar-refractivity contribution in [1.82, 2.24) is 4.90 Å². The van der Waals surface area contributed by atoms with Crippen LogP contribution in [-0.4, -0.2) is 52.7 Å². The number of nitrogens with zero attached hydrogens (tertiary/aromatic N) is 1. The minimum Gasteiger partial charge on any atom is -0.441 e. The van der Waals surface area contributed by atoms with Crippen LogP contribution < -0.4 is 0 Å². The standard InChI is InChI=1S/C10H12Cl3NO6/c1-6(15)20-8-4-7(16)14(8)2-3-18-9(17)19-5-10(11,12)13/h8H,2-5H2,1H3. The van der Waals surface area contributed by atoms with Crippen LogP contribution in [0.5, 0.6) is 0 Å². The van der Waals surface area contributed by atoms with Crippen molar-refractivity contribution in [2.24, 2.45) is 0 Å². The van der Waals surface area contributed by atoms with E-state index >= 15 is 0 Å². The van der Waals surface area contributed by atoms with Crippen molar-refractivity contribution in [2.45, 2.75) is 23.4 Å². The van der Waals surface area contributed by atoms with Crippen molar-refractivity contribution in [3.63, 3.8) is 0 Å². The Morgan fingerprint density at radius 2 is 2.00 bits per heavy atom. The van der Waals surface area contributed by atoms with Crippen LogP contribution in [0.1, 0.15) is 13.3 Å². The van der Waals surface area contributed by atoms with Crippen LogP contribution in [0, 0.1) is 0 Å². The van der Waals surface area contributed by atoms with Crippen LogP contribution in [-0.2, 0) is 23.8 Å². The van der Waals surface area contributed by atoms with E-state index < -0.39 is 28.8 Å². The fourth-order valence-electron chi connectivity index (χ4n) is 1.40. The molecule has 0 aromatic rings. The monoisotopic (exact) mass is 347 g/mol. The molecule has 1 unspecified atom stereocenters. The highest BCUT2D eigenvalue weighted by atomic mass is 35.6. The van der Waals surface area contributed by atoms with Gasteiger partial charge in [0.2, 0.25) is 9.70 Å². The maximum absolute atomic E-state index is 11.3. The smallest absolute Gasteiger partial charge is 0.441 e. The Balaban J connectivity index is 2.21. The molecule has 1 rings (SSSR count). The molecule has 1 amide bonds. The maximum Gasteiger partial charge on any atom is 0.508 e. The second-order valence-corrected chi connectivity index (χ2v) is 6.37.